The molecule has 64 valence electrons. The molecule has 1 amide bonds. The third-order valence-corrected chi connectivity index (χ3v) is 1.34. The molecule has 0 unspecified atom stereocenters. The molecule has 0 saturated carbocycles. The number of anilines is 1. The molecule has 4 heteroatoms. The lowest BCUT2D eigenvalue weighted by Crippen LogP contribution is -2.06. The van der Waals surface area contributed by atoms with Gasteiger partial charge in [0.15, 0.2) is 0 Å². The Balaban J connectivity index is 2.71. The molecule has 1 aromatic rings. The van der Waals surface area contributed by atoms with Gasteiger partial charge >= 0.3 is 6.09 Å². The highest BCUT2D eigenvalue weighted by Gasteiger charge is 1.96. The van der Waals surface area contributed by atoms with Crippen LogP contribution in [0.15, 0.2) is 24.3 Å². The van der Waals surface area contributed by atoms with Crippen LogP contribution >= 0.6 is 0 Å². The first kappa shape index (κ1) is 8.39. The highest BCUT2D eigenvalue weighted by atomic mass is 16.5. The maximum Gasteiger partial charge on any atom is 0.409 e. The molecule has 12 heavy (non-hydrogen) atoms. The summed E-state index contributed by atoms with van der Waals surface area (Å²) in [6, 6.07) is 6.64. The fourth-order valence-electron chi connectivity index (χ4n) is 0.798. The zero-order chi connectivity index (χ0) is 8.97. The van der Waals surface area contributed by atoms with Crippen LogP contribution in [0.25, 0.3) is 0 Å². The Morgan fingerprint density at radius 3 is 2.42 bits per heavy atom. The zero-order valence-electron chi connectivity index (χ0n) is 6.57. The van der Waals surface area contributed by atoms with E-state index < -0.39 is 6.09 Å². The Morgan fingerprint density at radius 1 is 1.42 bits per heavy atom. The fourth-order valence-corrected chi connectivity index (χ4v) is 0.798. The lowest BCUT2D eigenvalue weighted by Gasteiger charge is -2.01. The van der Waals surface area contributed by atoms with Crippen LogP contribution < -0.4 is 10.1 Å². The van der Waals surface area contributed by atoms with Crippen molar-refractivity contribution in [3.05, 3.63) is 24.3 Å². The molecule has 0 aliphatic heterocycles. The second-order valence-corrected chi connectivity index (χ2v) is 2.16. The minimum atomic E-state index is -1.07. The minimum Gasteiger partial charge on any atom is -0.497 e. The average molecular weight is 167 g/mol. The quantitative estimate of drug-likeness (QED) is 0.705. The van der Waals surface area contributed by atoms with Gasteiger partial charge < -0.3 is 9.84 Å². The first-order chi connectivity index (χ1) is 5.72. The van der Waals surface area contributed by atoms with Crippen molar-refractivity contribution in [1.82, 2.24) is 0 Å². The van der Waals surface area contributed by atoms with Crippen LogP contribution in [-0.2, 0) is 0 Å². The number of benzene rings is 1. The molecular formula is C8H9NO3. The molecular weight excluding hydrogens is 158 g/mol. The van der Waals surface area contributed by atoms with Crippen LogP contribution in [0.5, 0.6) is 5.75 Å². The Hall–Kier alpha value is -1.71. The van der Waals surface area contributed by atoms with E-state index in [0.29, 0.717) is 11.4 Å². The highest BCUT2D eigenvalue weighted by Crippen LogP contribution is 2.14. The molecule has 0 aromatic heterocycles. The summed E-state index contributed by atoms with van der Waals surface area (Å²) in [5, 5.41) is 10.6. The Labute approximate surface area is 69.8 Å². The van der Waals surface area contributed by atoms with Crippen molar-refractivity contribution < 1.29 is 14.6 Å². The molecule has 1 rings (SSSR count). The van der Waals surface area contributed by atoms with E-state index in [4.69, 9.17) is 9.84 Å². The van der Waals surface area contributed by atoms with Crippen LogP contribution in [0.4, 0.5) is 10.5 Å². The molecule has 0 bridgehead atoms. The van der Waals surface area contributed by atoms with Gasteiger partial charge in [0.05, 0.1) is 7.11 Å². The van der Waals surface area contributed by atoms with Crippen molar-refractivity contribution >= 4 is 11.8 Å². The van der Waals surface area contributed by atoms with Crippen LogP contribution in [-0.4, -0.2) is 18.3 Å². The largest absolute Gasteiger partial charge is 0.497 e. The molecule has 0 saturated heterocycles. The van der Waals surface area contributed by atoms with E-state index in [0.717, 1.165) is 0 Å². The number of carboxylic acid groups (broad SMARTS) is 1. The van der Waals surface area contributed by atoms with Gasteiger partial charge in [-0.05, 0) is 24.3 Å². The molecule has 2 N–H and O–H groups in total. The third-order valence-electron chi connectivity index (χ3n) is 1.34. The van der Waals surface area contributed by atoms with Crippen molar-refractivity contribution in [3.63, 3.8) is 0 Å². The number of hydrogen-bond acceptors (Lipinski definition) is 2. The molecule has 0 aliphatic rings. The van der Waals surface area contributed by atoms with Gasteiger partial charge in [-0.2, -0.15) is 0 Å². The zero-order valence-corrected chi connectivity index (χ0v) is 6.57. The number of ether oxygens (including phenoxy) is 1. The average Bonchev–Trinajstić information content (AvgIpc) is 2.05. The van der Waals surface area contributed by atoms with Gasteiger partial charge in [0.1, 0.15) is 5.75 Å². The smallest absolute Gasteiger partial charge is 0.409 e. The van der Waals surface area contributed by atoms with Crippen LogP contribution in [0.2, 0.25) is 0 Å². The number of hydrogen-bond donors (Lipinski definition) is 2. The predicted molar refractivity (Wildman–Crippen MR) is 44.6 cm³/mol. The van der Waals surface area contributed by atoms with Crippen molar-refractivity contribution in [3.8, 4) is 5.75 Å². The van der Waals surface area contributed by atoms with Gasteiger partial charge in [-0.25, -0.2) is 4.79 Å². The van der Waals surface area contributed by atoms with E-state index in [1.54, 1.807) is 31.4 Å². The van der Waals surface area contributed by atoms with Crippen molar-refractivity contribution in [2.75, 3.05) is 12.4 Å². The number of rotatable bonds is 2. The van der Waals surface area contributed by atoms with Gasteiger partial charge in [-0.3, -0.25) is 5.32 Å². The van der Waals surface area contributed by atoms with Crippen molar-refractivity contribution in [2.45, 2.75) is 0 Å². The predicted octanol–water partition coefficient (Wildman–Crippen LogP) is 1.79. The summed E-state index contributed by atoms with van der Waals surface area (Å²) in [6.07, 6.45) is -1.07. The maximum atomic E-state index is 10.2. The second kappa shape index (κ2) is 3.61. The summed E-state index contributed by atoms with van der Waals surface area (Å²) in [7, 11) is 1.56. The molecule has 4 nitrogen and oxygen atoms in total. The number of carbonyl (C=O) groups is 1. The van der Waals surface area contributed by atoms with E-state index in [1.165, 1.54) is 0 Å². The Kier molecular flexibility index (Phi) is 2.53. The van der Waals surface area contributed by atoms with Gasteiger partial charge in [0, 0.05) is 5.69 Å². The van der Waals surface area contributed by atoms with Gasteiger partial charge in [0.2, 0.25) is 0 Å². The summed E-state index contributed by atoms with van der Waals surface area (Å²) in [5.41, 5.74) is 0.531. The number of nitrogens with one attached hydrogen (secondary N) is 1. The van der Waals surface area contributed by atoms with E-state index in [-0.39, 0.29) is 0 Å². The minimum absolute atomic E-state index is 0.531. The summed E-state index contributed by atoms with van der Waals surface area (Å²) < 4.78 is 4.90. The maximum absolute atomic E-state index is 10.2. The molecule has 0 spiro atoms. The molecule has 0 atom stereocenters. The summed E-state index contributed by atoms with van der Waals surface area (Å²) in [6.45, 7) is 0. The lowest BCUT2D eigenvalue weighted by atomic mass is 10.3. The van der Waals surface area contributed by atoms with E-state index >= 15 is 0 Å². The standard InChI is InChI=1S/C8H9NO3/c1-12-7-4-2-6(3-5-7)9-8(10)11/h2-5,9H,1H3,(H,10,11). The topological polar surface area (TPSA) is 58.6 Å². The molecule has 0 aliphatic carbocycles. The Morgan fingerprint density at radius 2 is 2.00 bits per heavy atom. The monoisotopic (exact) mass is 167 g/mol. The summed E-state index contributed by atoms with van der Waals surface area (Å²) in [5.74, 6) is 0.700. The Bertz CT molecular complexity index is 268. The van der Waals surface area contributed by atoms with Crippen LogP contribution in [0, 0.1) is 0 Å². The van der Waals surface area contributed by atoms with Gasteiger partial charge in [-0.15, -0.1) is 0 Å². The van der Waals surface area contributed by atoms with Crippen LogP contribution in [0.3, 0.4) is 0 Å². The molecule has 0 heterocycles. The second-order valence-electron chi connectivity index (χ2n) is 2.16. The van der Waals surface area contributed by atoms with Gasteiger partial charge in [-0.1, -0.05) is 0 Å². The molecule has 0 fully saturated rings. The SMILES string of the molecule is COc1ccc(NC(=O)O)cc1. The van der Waals surface area contributed by atoms with Crippen LogP contribution in [0.1, 0.15) is 0 Å². The third kappa shape index (κ3) is 2.16. The van der Waals surface area contributed by atoms with E-state index in [9.17, 15) is 4.79 Å². The van der Waals surface area contributed by atoms with Gasteiger partial charge in [0.25, 0.3) is 0 Å². The number of methoxy groups -OCH3 is 1. The number of amides is 1. The highest BCUT2D eigenvalue weighted by molar-refractivity contribution is 5.82. The summed E-state index contributed by atoms with van der Waals surface area (Å²) >= 11 is 0. The van der Waals surface area contributed by atoms with Crippen molar-refractivity contribution in [1.29, 1.82) is 0 Å². The molecule has 1 aromatic carbocycles. The normalized spacial score (nSPS) is 9.08. The summed E-state index contributed by atoms with van der Waals surface area (Å²) in [4.78, 5) is 10.2. The first-order valence-corrected chi connectivity index (χ1v) is 3.36. The van der Waals surface area contributed by atoms with Crippen molar-refractivity contribution in [2.24, 2.45) is 0 Å². The fraction of sp³-hybridized carbons (Fsp3) is 0.125. The van der Waals surface area contributed by atoms with E-state index in [2.05, 4.69) is 5.32 Å². The first-order valence-electron chi connectivity index (χ1n) is 3.36. The lowest BCUT2D eigenvalue weighted by molar-refractivity contribution is 0.209. The van der Waals surface area contributed by atoms with E-state index in [1.807, 2.05) is 0 Å². The molecule has 0 radical (unpaired) electrons.